The van der Waals surface area contributed by atoms with Gasteiger partial charge in [0.15, 0.2) is 0 Å². The molecule has 3 nitrogen and oxygen atoms in total. The molecule has 9 heteroatoms. The van der Waals surface area contributed by atoms with Crippen LogP contribution in [0, 0.1) is 0 Å². The average Bonchev–Trinajstić information content (AvgIpc) is 2.48. The molecule has 0 aromatic heterocycles. The second-order valence-corrected chi connectivity index (χ2v) is 5.25. The van der Waals surface area contributed by atoms with E-state index in [-0.39, 0.29) is 20.0 Å². The van der Waals surface area contributed by atoms with Gasteiger partial charge in [0.1, 0.15) is 0 Å². The van der Waals surface area contributed by atoms with E-state index in [0.29, 0.717) is 57.5 Å². The van der Waals surface area contributed by atoms with E-state index in [2.05, 4.69) is 0 Å². The van der Waals surface area contributed by atoms with E-state index in [0.717, 1.165) is 0 Å². The van der Waals surface area contributed by atoms with Gasteiger partial charge in [-0.05, 0) is 38.2 Å². The number of alkyl halides is 3. The summed E-state index contributed by atoms with van der Waals surface area (Å²) < 4.78 is 53.4. The third kappa shape index (κ3) is 8.78. The molecule has 1 heterocycles. The van der Waals surface area contributed by atoms with Gasteiger partial charge in [0, 0.05) is 0 Å². The molecule has 0 saturated carbocycles. The monoisotopic (exact) mass is 306 g/mol. The van der Waals surface area contributed by atoms with Crippen LogP contribution in [0.5, 0.6) is 0 Å². The topological polar surface area (TPSA) is 27.7 Å². The first kappa shape index (κ1) is 18.9. The SMILES string of the molecule is FCCCCB1OB(CCCCF)OB(CCCCF)O1. The Kier molecular flexibility index (Phi) is 11.2. The molecule has 0 atom stereocenters. The molecule has 0 N–H and O–H groups in total. The van der Waals surface area contributed by atoms with Crippen LogP contribution in [0.4, 0.5) is 13.2 Å². The molecule has 0 aromatic rings. The lowest BCUT2D eigenvalue weighted by atomic mass is 9.64. The number of hydrogen-bond donors (Lipinski definition) is 0. The number of rotatable bonds is 12. The molecule has 0 radical (unpaired) electrons. The maximum Gasteiger partial charge on any atom is 0.429 e. The van der Waals surface area contributed by atoms with Crippen molar-refractivity contribution in [3.8, 4) is 0 Å². The summed E-state index contributed by atoms with van der Waals surface area (Å²) in [6.07, 6.45) is 5.39. The van der Waals surface area contributed by atoms with Crippen molar-refractivity contribution >= 4 is 21.4 Å². The zero-order valence-electron chi connectivity index (χ0n) is 12.6. The largest absolute Gasteiger partial charge is 0.453 e. The Hall–Kier alpha value is -0.135. The van der Waals surface area contributed by atoms with E-state index >= 15 is 0 Å². The van der Waals surface area contributed by atoms with Crippen LogP contribution in [0.25, 0.3) is 0 Å². The summed E-state index contributed by atoms with van der Waals surface area (Å²) in [5.41, 5.74) is 0. The van der Waals surface area contributed by atoms with Crippen molar-refractivity contribution in [1.29, 1.82) is 0 Å². The summed E-state index contributed by atoms with van der Waals surface area (Å²) in [7, 11) is -1.22. The van der Waals surface area contributed by atoms with Crippen LogP contribution < -0.4 is 0 Å². The Balaban J connectivity index is 2.35. The van der Waals surface area contributed by atoms with E-state index in [1.165, 1.54) is 0 Å². The third-order valence-electron chi connectivity index (χ3n) is 3.38. The lowest BCUT2D eigenvalue weighted by Crippen LogP contribution is -2.48. The van der Waals surface area contributed by atoms with E-state index < -0.39 is 21.4 Å². The van der Waals surface area contributed by atoms with E-state index in [9.17, 15) is 13.2 Å². The molecule has 0 aliphatic carbocycles. The van der Waals surface area contributed by atoms with Crippen molar-refractivity contribution in [3.63, 3.8) is 0 Å². The summed E-state index contributed by atoms with van der Waals surface area (Å²) in [6.45, 7) is -1.03. The predicted octanol–water partition coefficient (Wildman–Crippen LogP) is 3.76. The molecule has 1 rings (SSSR count). The minimum Gasteiger partial charge on any atom is -0.453 e. The smallest absolute Gasteiger partial charge is 0.429 e. The zero-order valence-corrected chi connectivity index (χ0v) is 12.6. The Morgan fingerprint density at radius 2 is 0.762 bits per heavy atom. The van der Waals surface area contributed by atoms with Crippen molar-refractivity contribution in [3.05, 3.63) is 0 Å². The number of unbranched alkanes of at least 4 members (excludes halogenated alkanes) is 3. The summed E-state index contributed by atoms with van der Waals surface area (Å²) in [4.78, 5) is 0. The van der Waals surface area contributed by atoms with Crippen LogP contribution in [0.3, 0.4) is 0 Å². The molecule has 21 heavy (non-hydrogen) atoms. The van der Waals surface area contributed by atoms with Crippen LogP contribution in [0.1, 0.15) is 38.5 Å². The maximum absolute atomic E-state index is 12.1. The Bertz CT molecular complexity index is 211. The van der Waals surface area contributed by atoms with Gasteiger partial charge in [-0.15, -0.1) is 0 Å². The minimum absolute atomic E-state index is 0.344. The molecule has 1 saturated heterocycles. The van der Waals surface area contributed by atoms with Crippen molar-refractivity contribution in [1.82, 2.24) is 0 Å². The van der Waals surface area contributed by atoms with Gasteiger partial charge in [0.25, 0.3) is 0 Å². The summed E-state index contributed by atoms with van der Waals surface area (Å²) in [5.74, 6) is 0. The zero-order chi connectivity index (χ0) is 15.3. The fourth-order valence-corrected chi connectivity index (χ4v) is 2.23. The first-order valence-electron chi connectivity index (χ1n) is 7.94. The second-order valence-electron chi connectivity index (χ2n) is 5.25. The van der Waals surface area contributed by atoms with Crippen LogP contribution in [-0.4, -0.2) is 41.4 Å². The lowest BCUT2D eigenvalue weighted by molar-refractivity contribution is 0.274. The highest BCUT2D eigenvalue weighted by Gasteiger charge is 2.39. The van der Waals surface area contributed by atoms with Crippen LogP contribution in [0.15, 0.2) is 0 Å². The van der Waals surface area contributed by atoms with Crippen molar-refractivity contribution < 1.29 is 26.9 Å². The lowest BCUT2D eigenvalue weighted by Gasteiger charge is -2.31. The fourth-order valence-electron chi connectivity index (χ4n) is 2.23. The maximum atomic E-state index is 12.1. The minimum atomic E-state index is -0.406. The molecular weight excluding hydrogens is 282 g/mol. The summed E-state index contributed by atoms with van der Waals surface area (Å²) >= 11 is 0. The fraction of sp³-hybridized carbons (Fsp3) is 1.00. The molecule has 0 unspecified atom stereocenters. The molecule has 0 amide bonds. The molecule has 1 aliphatic rings. The van der Waals surface area contributed by atoms with Gasteiger partial charge in [0.2, 0.25) is 0 Å². The first-order chi connectivity index (χ1) is 10.3. The first-order valence-corrected chi connectivity index (χ1v) is 7.94. The highest BCUT2D eigenvalue weighted by Crippen LogP contribution is 2.20. The molecule has 0 bridgehead atoms. The van der Waals surface area contributed by atoms with Crippen molar-refractivity contribution in [2.24, 2.45) is 0 Å². The highest BCUT2D eigenvalue weighted by atomic mass is 19.1. The van der Waals surface area contributed by atoms with Crippen LogP contribution in [-0.2, 0) is 13.7 Å². The Labute approximate surface area is 126 Å². The van der Waals surface area contributed by atoms with Crippen LogP contribution in [0.2, 0.25) is 19.0 Å². The second kappa shape index (κ2) is 12.4. The number of hydrogen-bond acceptors (Lipinski definition) is 3. The van der Waals surface area contributed by atoms with Gasteiger partial charge in [-0.1, -0.05) is 19.3 Å². The number of halogens is 3. The molecule has 0 aromatic carbocycles. The quantitative estimate of drug-likeness (QED) is 0.406. The van der Waals surface area contributed by atoms with Gasteiger partial charge in [0.05, 0.1) is 20.0 Å². The van der Waals surface area contributed by atoms with E-state index in [4.69, 9.17) is 13.7 Å². The third-order valence-corrected chi connectivity index (χ3v) is 3.38. The normalized spacial score (nSPS) is 15.9. The average molecular weight is 306 g/mol. The highest BCUT2D eigenvalue weighted by molar-refractivity contribution is 6.73. The van der Waals surface area contributed by atoms with Crippen molar-refractivity contribution in [2.45, 2.75) is 57.5 Å². The summed E-state index contributed by atoms with van der Waals surface area (Å²) in [5, 5.41) is 0. The standard InChI is InChI=1S/C12H24B3F3O3/c16-10-4-1-7-13-19-14(8-2-5-11-17)21-15(20-13)9-3-6-12-18/h1-12H2. The van der Waals surface area contributed by atoms with Gasteiger partial charge in [-0.3, -0.25) is 13.2 Å². The van der Waals surface area contributed by atoms with Gasteiger partial charge < -0.3 is 13.7 Å². The van der Waals surface area contributed by atoms with Gasteiger partial charge >= 0.3 is 21.4 Å². The van der Waals surface area contributed by atoms with Gasteiger partial charge in [-0.2, -0.15) is 0 Å². The Morgan fingerprint density at radius 1 is 0.476 bits per heavy atom. The molecule has 120 valence electrons. The van der Waals surface area contributed by atoms with Gasteiger partial charge in [-0.25, -0.2) is 0 Å². The molecule has 1 aliphatic heterocycles. The van der Waals surface area contributed by atoms with Crippen LogP contribution >= 0.6 is 0 Å². The van der Waals surface area contributed by atoms with E-state index in [1.807, 2.05) is 0 Å². The Morgan fingerprint density at radius 3 is 1.00 bits per heavy atom. The van der Waals surface area contributed by atoms with E-state index in [1.54, 1.807) is 0 Å². The molecular formula is C12H24B3F3O3. The molecule has 1 fully saturated rings. The molecule has 0 spiro atoms. The van der Waals surface area contributed by atoms with Crippen molar-refractivity contribution in [2.75, 3.05) is 20.0 Å². The predicted molar refractivity (Wildman–Crippen MR) is 80.6 cm³/mol. The summed E-state index contributed by atoms with van der Waals surface area (Å²) in [6, 6.07) is 0.